The number of anilines is 2. The summed E-state index contributed by atoms with van der Waals surface area (Å²) in [7, 11) is 0. The zero-order valence-electron chi connectivity index (χ0n) is 12.4. The fourth-order valence-corrected chi connectivity index (χ4v) is 3.16. The van der Waals surface area contributed by atoms with Crippen molar-refractivity contribution >= 4 is 23.1 Å². The lowest BCUT2D eigenvalue weighted by Crippen LogP contribution is -2.36. The maximum atomic E-state index is 5.92. The maximum absolute atomic E-state index is 5.92. The summed E-state index contributed by atoms with van der Waals surface area (Å²) in [6, 6.07) is 5.90. The molecular weight excluding hydrogens is 270 g/mol. The Morgan fingerprint density at radius 3 is 2.80 bits per heavy atom. The Morgan fingerprint density at radius 1 is 1.35 bits per heavy atom. The summed E-state index contributed by atoms with van der Waals surface area (Å²) in [5, 5.41) is 3.45. The maximum Gasteiger partial charge on any atom is 0.144 e. The van der Waals surface area contributed by atoms with Gasteiger partial charge in [-0.05, 0) is 26.0 Å². The van der Waals surface area contributed by atoms with Crippen LogP contribution in [0.2, 0.25) is 0 Å². The van der Waals surface area contributed by atoms with Gasteiger partial charge in [0, 0.05) is 49.4 Å². The van der Waals surface area contributed by atoms with Gasteiger partial charge in [-0.3, -0.25) is 4.90 Å². The number of thioether (sulfide) groups is 1. The second-order valence-corrected chi connectivity index (χ2v) is 6.52. The highest BCUT2D eigenvalue weighted by Gasteiger charge is 2.09. The smallest absolute Gasteiger partial charge is 0.144 e. The van der Waals surface area contributed by atoms with Gasteiger partial charge in [-0.25, -0.2) is 0 Å². The molecule has 0 aliphatic carbocycles. The van der Waals surface area contributed by atoms with Gasteiger partial charge in [0.25, 0.3) is 0 Å². The third kappa shape index (κ3) is 4.80. The highest BCUT2D eigenvalue weighted by molar-refractivity contribution is 7.99. The number of nitrogens with one attached hydrogen (secondary N) is 1. The van der Waals surface area contributed by atoms with E-state index in [9.17, 15) is 0 Å². The van der Waals surface area contributed by atoms with E-state index >= 15 is 0 Å². The number of nitrogen functional groups attached to an aromatic ring is 1. The van der Waals surface area contributed by atoms with E-state index in [1.54, 1.807) is 0 Å². The Kier molecular flexibility index (Phi) is 5.86. The van der Waals surface area contributed by atoms with E-state index in [-0.39, 0.29) is 6.10 Å². The number of rotatable bonds is 6. The molecule has 0 amide bonds. The molecule has 0 saturated carbocycles. The lowest BCUT2D eigenvalue weighted by molar-refractivity contribution is 0.244. The highest BCUT2D eigenvalue weighted by atomic mass is 32.2. The highest BCUT2D eigenvalue weighted by Crippen LogP contribution is 2.26. The van der Waals surface area contributed by atoms with Crippen LogP contribution in [0.3, 0.4) is 0 Å². The largest absolute Gasteiger partial charge is 0.489 e. The van der Waals surface area contributed by atoms with Gasteiger partial charge in [0.1, 0.15) is 5.75 Å². The first-order valence-corrected chi connectivity index (χ1v) is 8.41. The summed E-state index contributed by atoms with van der Waals surface area (Å²) in [6.07, 6.45) is 0.137. The molecule has 5 heteroatoms. The van der Waals surface area contributed by atoms with Crippen LogP contribution in [0.4, 0.5) is 11.4 Å². The average Bonchev–Trinajstić information content (AvgIpc) is 2.43. The van der Waals surface area contributed by atoms with Crippen LogP contribution in [0.15, 0.2) is 18.2 Å². The van der Waals surface area contributed by atoms with Crippen LogP contribution in [-0.4, -0.2) is 48.7 Å². The molecule has 3 N–H and O–H groups in total. The molecule has 0 radical (unpaired) electrons. The van der Waals surface area contributed by atoms with Crippen molar-refractivity contribution in [3.05, 3.63) is 18.2 Å². The zero-order chi connectivity index (χ0) is 14.4. The van der Waals surface area contributed by atoms with Gasteiger partial charge in [-0.1, -0.05) is 0 Å². The first-order chi connectivity index (χ1) is 9.65. The Bertz CT molecular complexity index is 420. The van der Waals surface area contributed by atoms with E-state index in [1.165, 1.54) is 24.6 Å². The summed E-state index contributed by atoms with van der Waals surface area (Å²) in [5.74, 6) is 3.28. The van der Waals surface area contributed by atoms with Gasteiger partial charge in [-0.15, -0.1) is 0 Å². The predicted molar refractivity (Wildman–Crippen MR) is 88.9 cm³/mol. The van der Waals surface area contributed by atoms with Gasteiger partial charge in [0.05, 0.1) is 11.8 Å². The van der Waals surface area contributed by atoms with Crippen LogP contribution in [-0.2, 0) is 0 Å². The molecule has 0 spiro atoms. The molecule has 0 aromatic heterocycles. The molecule has 20 heavy (non-hydrogen) atoms. The van der Waals surface area contributed by atoms with E-state index in [0.29, 0.717) is 5.69 Å². The minimum Gasteiger partial charge on any atom is -0.489 e. The van der Waals surface area contributed by atoms with Crippen molar-refractivity contribution in [1.82, 2.24) is 4.90 Å². The van der Waals surface area contributed by atoms with Gasteiger partial charge in [-0.2, -0.15) is 11.8 Å². The summed E-state index contributed by atoms with van der Waals surface area (Å²) >= 11 is 2.05. The Morgan fingerprint density at radius 2 is 2.10 bits per heavy atom. The minimum atomic E-state index is 0.137. The summed E-state index contributed by atoms with van der Waals surface area (Å²) in [4.78, 5) is 2.51. The van der Waals surface area contributed by atoms with Gasteiger partial charge in [0.2, 0.25) is 0 Å². The van der Waals surface area contributed by atoms with Crippen LogP contribution in [0.25, 0.3) is 0 Å². The Labute approximate surface area is 126 Å². The molecular formula is C15H25N3OS. The molecule has 0 atom stereocenters. The van der Waals surface area contributed by atoms with Crippen molar-refractivity contribution < 1.29 is 4.74 Å². The van der Waals surface area contributed by atoms with Crippen LogP contribution < -0.4 is 15.8 Å². The molecule has 4 nitrogen and oxygen atoms in total. The summed E-state index contributed by atoms with van der Waals surface area (Å²) < 4.78 is 5.70. The molecule has 1 aromatic carbocycles. The van der Waals surface area contributed by atoms with Crippen molar-refractivity contribution in [2.45, 2.75) is 20.0 Å². The number of hydrogen-bond donors (Lipinski definition) is 2. The SMILES string of the molecule is CC(C)Oc1cc(NCCN2CCSCC2)ccc1N. The number of ether oxygens (including phenoxy) is 1. The summed E-state index contributed by atoms with van der Waals surface area (Å²) in [6.45, 7) is 8.47. The normalized spacial score (nSPS) is 16.4. The third-order valence-corrected chi connectivity index (χ3v) is 4.18. The molecule has 2 rings (SSSR count). The fourth-order valence-electron chi connectivity index (χ4n) is 2.18. The predicted octanol–water partition coefficient (Wildman–Crippen LogP) is 2.52. The van der Waals surface area contributed by atoms with Crippen LogP contribution in [0.1, 0.15) is 13.8 Å². The van der Waals surface area contributed by atoms with Gasteiger partial charge < -0.3 is 15.8 Å². The lowest BCUT2D eigenvalue weighted by Gasteiger charge is -2.26. The van der Waals surface area contributed by atoms with Crippen molar-refractivity contribution in [3.63, 3.8) is 0 Å². The third-order valence-electron chi connectivity index (χ3n) is 3.24. The number of hydrogen-bond acceptors (Lipinski definition) is 5. The molecule has 1 aliphatic rings. The molecule has 1 saturated heterocycles. The first-order valence-electron chi connectivity index (χ1n) is 7.25. The second-order valence-electron chi connectivity index (χ2n) is 5.30. The fraction of sp³-hybridized carbons (Fsp3) is 0.600. The topological polar surface area (TPSA) is 50.5 Å². The standard InChI is InChI=1S/C15H25N3OS/c1-12(2)19-15-11-13(3-4-14(15)16)17-5-6-18-7-9-20-10-8-18/h3-4,11-12,17H,5-10,16H2,1-2H3. The summed E-state index contributed by atoms with van der Waals surface area (Å²) in [5.41, 5.74) is 7.68. The van der Waals surface area contributed by atoms with E-state index in [2.05, 4.69) is 10.2 Å². The van der Waals surface area contributed by atoms with Gasteiger partial charge >= 0.3 is 0 Å². The van der Waals surface area contributed by atoms with Crippen molar-refractivity contribution in [3.8, 4) is 5.75 Å². The quantitative estimate of drug-likeness (QED) is 0.790. The zero-order valence-corrected chi connectivity index (χ0v) is 13.2. The van der Waals surface area contributed by atoms with E-state index in [1.807, 2.05) is 43.8 Å². The number of nitrogens with zero attached hydrogens (tertiary/aromatic N) is 1. The van der Waals surface area contributed by atoms with E-state index < -0.39 is 0 Å². The van der Waals surface area contributed by atoms with Crippen molar-refractivity contribution in [2.75, 3.05) is 48.7 Å². The van der Waals surface area contributed by atoms with Crippen molar-refractivity contribution in [2.24, 2.45) is 0 Å². The second kappa shape index (κ2) is 7.64. The van der Waals surface area contributed by atoms with E-state index in [0.717, 1.165) is 24.5 Å². The molecule has 1 aliphatic heterocycles. The Balaban J connectivity index is 1.82. The Hall–Kier alpha value is -1.07. The lowest BCUT2D eigenvalue weighted by atomic mass is 10.2. The molecule has 0 unspecified atom stereocenters. The number of benzene rings is 1. The first kappa shape index (κ1) is 15.3. The molecule has 0 bridgehead atoms. The van der Waals surface area contributed by atoms with Gasteiger partial charge in [0.15, 0.2) is 0 Å². The molecule has 1 heterocycles. The van der Waals surface area contributed by atoms with Crippen molar-refractivity contribution in [1.29, 1.82) is 0 Å². The molecule has 1 aromatic rings. The van der Waals surface area contributed by atoms with E-state index in [4.69, 9.17) is 10.5 Å². The minimum absolute atomic E-state index is 0.137. The average molecular weight is 295 g/mol. The molecule has 1 fully saturated rings. The molecule has 112 valence electrons. The number of nitrogens with two attached hydrogens (primary N) is 1. The van der Waals surface area contributed by atoms with Crippen LogP contribution in [0, 0.1) is 0 Å². The van der Waals surface area contributed by atoms with Crippen LogP contribution >= 0.6 is 11.8 Å². The van der Waals surface area contributed by atoms with Crippen LogP contribution in [0.5, 0.6) is 5.75 Å². The monoisotopic (exact) mass is 295 g/mol.